The number of carboxylic acid groups (broad SMARTS) is 1. The fourth-order valence-corrected chi connectivity index (χ4v) is 1.93. The van der Waals surface area contributed by atoms with Crippen LogP contribution in [0.5, 0.6) is 0 Å². The summed E-state index contributed by atoms with van der Waals surface area (Å²) >= 11 is 0. The van der Waals surface area contributed by atoms with Gasteiger partial charge in [-0.25, -0.2) is 9.18 Å². The molecular formula is C14H12FNO3. The van der Waals surface area contributed by atoms with E-state index >= 15 is 0 Å². The van der Waals surface area contributed by atoms with E-state index in [1.807, 2.05) is 0 Å². The molecule has 1 aromatic carbocycles. The molecule has 0 saturated carbocycles. The van der Waals surface area contributed by atoms with Gasteiger partial charge in [0.05, 0.1) is 0 Å². The number of halogens is 1. The largest absolute Gasteiger partial charge is 0.477 e. The quantitative estimate of drug-likeness (QED) is 0.901. The number of carboxylic acids is 1. The first-order valence-corrected chi connectivity index (χ1v) is 5.61. The van der Waals surface area contributed by atoms with E-state index in [-0.39, 0.29) is 11.1 Å². The number of rotatable bonds is 2. The molecule has 0 saturated heterocycles. The van der Waals surface area contributed by atoms with E-state index in [9.17, 15) is 14.0 Å². The topological polar surface area (TPSA) is 59.3 Å². The van der Waals surface area contributed by atoms with Crippen LogP contribution in [-0.2, 0) is 7.05 Å². The molecule has 0 atom stereocenters. The van der Waals surface area contributed by atoms with Crippen molar-refractivity contribution < 1.29 is 14.3 Å². The zero-order valence-electron chi connectivity index (χ0n) is 10.5. The number of benzene rings is 1. The Morgan fingerprint density at radius 1 is 1.26 bits per heavy atom. The molecule has 0 fully saturated rings. The SMILES string of the molecule is Cc1c(-c2ccc(F)cc2)c(=O)c(C(=O)O)cn1C. The lowest BCUT2D eigenvalue weighted by atomic mass is 10.0. The van der Waals surface area contributed by atoms with Gasteiger partial charge in [0.1, 0.15) is 11.4 Å². The van der Waals surface area contributed by atoms with Crippen LogP contribution in [0.3, 0.4) is 0 Å². The molecule has 4 nitrogen and oxygen atoms in total. The smallest absolute Gasteiger partial charge is 0.341 e. The van der Waals surface area contributed by atoms with Gasteiger partial charge in [-0.1, -0.05) is 12.1 Å². The molecule has 0 aliphatic carbocycles. The van der Waals surface area contributed by atoms with Crippen molar-refractivity contribution in [2.75, 3.05) is 0 Å². The normalized spacial score (nSPS) is 10.5. The molecule has 2 rings (SSSR count). The lowest BCUT2D eigenvalue weighted by Gasteiger charge is -2.12. The van der Waals surface area contributed by atoms with Crippen molar-refractivity contribution in [3.8, 4) is 11.1 Å². The Hall–Kier alpha value is -2.43. The second-order valence-electron chi connectivity index (χ2n) is 4.26. The highest BCUT2D eigenvalue weighted by Gasteiger charge is 2.17. The number of aromatic carboxylic acids is 1. The molecule has 1 N–H and O–H groups in total. The molecule has 0 amide bonds. The molecule has 0 aliphatic heterocycles. The summed E-state index contributed by atoms with van der Waals surface area (Å²) in [5.41, 5.74) is 0.550. The molecule has 5 heteroatoms. The van der Waals surface area contributed by atoms with Gasteiger partial charge in [0.25, 0.3) is 0 Å². The van der Waals surface area contributed by atoms with E-state index in [1.54, 1.807) is 18.5 Å². The minimum Gasteiger partial charge on any atom is -0.477 e. The van der Waals surface area contributed by atoms with Crippen LogP contribution in [0.1, 0.15) is 16.1 Å². The van der Waals surface area contributed by atoms with Crippen LogP contribution in [0.4, 0.5) is 4.39 Å². The monoisotopic (exact) mass is 261 g/mol. The summed E-state index contributed by atoms with van der Waals surface area (Å²) in [6.07, 6.45) is 1.28. The number of pyridine rings is 1. The van der Waals surface area contributed by atoms with Crippen LogP contribution >= 0.6 is 0 Å². The van der Waals surface area contributed by atoms with E-state index in [1.165, 1.54) is 30.5 Å². The summed E-state index contributed by atoms with van der Waals surface area (Å²) < 4.78 is 14.5. The Balaban J connectivity index is 2.79. The third-order valence-corrected chi connectivity index (χ3v) is 3.05. The van der Waals surface area contributed by atoms with Gasteiger partial charge in [-0.3, -0.25) is 4.79 Å². The Bertz CT molecular complexity index is 702. The van der Waals surface area contributed by atoms with Gasteiger partial charge in [0.2, 0.25) is 5.43 Å². The number of hydrogen-bond donors (Lipinski definition) is 1. The number of aryl methyl sites for hydroxylation is 1. The van der Waals surface area contributed by atoms with Crippen molar-refractivity contribution in [3.63, 3.8) is 0 Å². The third kappa shape index (κ3) is 2.27. The number of carbonyl (C=O) groups is 1. The van der Waals surface area contributed by atoms with Gasteiger partial charge in [-0.15, -0.1) is 0 Å². The van der Waals surface area contributed by atoms with Crippen molar-refractivity contribution in [1.29, 1.82) is 0 Å². The molecule has 1 heterocycles. The first kappa shape index (κ1) is 13.0. The molecule has 0 spiro atoms. The van der Waals surface area contributed by atoms with Gasteiger partial charge >= 0.3 is 5.97 Å². The summed E-state index contributed by atoms with van der Waals surface area (Å²) in [7, 11) is 1.66. The maximum Gasteiger partial charge on any atom is 0.341 e. The second kappa shape index (κ2) is 4.68. The average Bonchev–Trinajstić information content (AvgIpc) is 2.36. The number of nitrogens with zero attached hydrogens (tertiary/aromatic N) is 1. The lowest BCUT2D eigenvalue weighted by molar-refractivity contribution is 0.0694. The van der Waals surface area contributed by atoms with Crippen LogP contribution in [0.15, 0.2) is 35.3 Å². The van der Waals surface area contributed by atoms with Gasteiger partial charge < -0.3 is 9.67 Å². The van der Waals surface area contributed by atoms with Gasteiger partial charge in [-0.05, 0) is 24.6 Å². The van der Waals surface area contributed by atoms with Gasteiger partial charge in [0.15, 0.2) is 0 Å². The van der Waals surface area contributed by atoms with Crippen molar-refractivity contribution >= 4 is 5.97 Å². The molecule has 19 heavy (non-hydrogen) atoms. The Morgan fingerprint density at radius 2 is 1.84 bits per heavy atom. The van der Waals surface area contributed by atoms with E-state index < -0.39 is 17.2 Å². The predicted octanol–water partition coefficient (Wildman–Crippen LogP) is 2.20. The molecule has 0 aliphatic rings. The fraction of sp³-hybridized carbons (Fsp3) is 0.143. The second-order valence-corrected chi connectivity index (χ2v) is 4.26. The Morgan fingerprint density at radius 3 is 2.37 bits per heavy atom. The van der Waals surface area contributed by atoms with Crippen molar-refractivity contribution in [2.24, 2.45) is 7.05 Å². The minimum atomic E-state index is -1.27. The Labute approximate surface area is 108 Å². The molecular weight excluding hydrogens is 249 g/mol. The average molecular weight is 261 g/mol. The van der Waals surface area contributed by atoms with Crippen LogP contribution in [0.25, 0.3) is 11.1 Å². The predicted molar refractivity (Wildman–Crippen MR) is 68.8 cm³/mol. The van der Waals surface area contributed by atoms with Gasteiger partial charge in [0, 0.05) is 24.5 Å². The van der Waals surface area contributed by atoms with Crippen LogP contribution < -0.4 is 5.43 Å². The minimum absolute atomic E-state index is 0.280. The van der Waals surface area contributed by atoms with Crippen LogP contribution in [0.2, 0.25) is 0 Å². The molecule has 0 radical (unpaired) electrons. The number of hydrogen-bond acceptors (Lipinski definition) is 2. The summed E-state index contributed by atoms with van der Waals surface area (Å²) in [5.74, 6) is -1.68. The molecule has 98 valence electrons. The summed E-state index contributed by atoms with van der Waals surface area (Å²) in [6, 6.07) is 5.40. The number of aromatic nitrogens is 1. The first-order valence-electron chi connectivity index (χ1n) is 5.61. The summed E-state index contributed by atoms with van der Waals surface area (Å²) in [4.78, 5) is 23.2. The summed E-state index contributed by atoms with van der Waals surface area (Å²) in [6.45, 7) is 1.71. The standard InChI is InChI=1S/C14H12FNO3/c1-8-12(9-3-5-10(15)6-4-9)13(17)11(14(18)19)7-16(8)2/h3-7H,1-2H3,(H,18,19). The third-order valence-electron chi connectivity index (χ3n) is 3.05. The maximum absolute atomic E-state index is 12.9. The van der Waals surface area contributed by atoms with E-state index in [4.69, 9.17) is 5.11 Å². The van der Waals surface area contributed by atoms with E-state index in [2.05, 4.69) is 0 Å². The van der Waals surface area contributed by atoms with Crippen molar-refractivity contribution in [1.82, 2.24) is 4.57 Å². The van der Waals surface area contributed by atoms with Crippen molar-refractivity contribution in [3.05, 3.63) is 57.8 Å². The fourth-order valence-electron chi connectivity index (χ4n) is 1.93. The molecule has 1 aromatic heterocycles. The molecule has 2 aromatic rings. The highest BCUT2D eigenvalue weighted by atomic mass is 19.1. The zero-order valence-corrected chi connectivity index (χ0v) is 10.5. The highest BCUT2D eigenvalue weighted by molar-refractivity contribution is 5.89. The molecule has 0 bridgehead atoms. The van der Waals surface area contributed by atoms with Crippen LogP contribution in [0, 0.1) is 12.7 Å². The highest BCUT2D eigenvalue weighted by Crippen LogP contribution is 2.20. The van der Waals surface area contributed by atoms with Crippen molar-refractivity contribution in [2.45, 2.75) is 6.92 Å². The summed E-state index contributed by atoms with van der Waals surface area (Å²) in [5, 5.41) is 9.02. The van der Waals surface area contributed by atoms with E-state index in [0.29, 0.717) is 11.3 Å². The Kier molecular flexibility index (Phi) is 3.21. The maximum atomic E-state index is 12.9. The van der Waals surface area contributed by atoms with E-state index in [0.717, 1.165) is 0 Å². The lowest BCUT2D eigenvalue weighted by Crippen LogP contribution is -2.21. The first-order chi connectivity index (χ1) is 8.91. The van der Waals surface area contributed by atoms with Crippen LogP contribution in [-0.4, -0.2) is 15.6 Å². The molecule has 0 unspecified atom stereocenters. The van der Waals surface area contributed by atoms with Gasteiger partial charge in [-0.2, -0.15) is 0 Å². The zero-order chi connectivity index (χ0) is 14.2.